The van der Waals surface area contributed by atoms with Gasteiger partial charge in [0, 0.05) is 32.0 Å². The summed E-state index contributed by atoms with van der Waals surface area (Å²) < 4.78 is 0. The van der Waals surface area contributed by atoms with E-state index in [0.717, 1.165) is 24.5 Å². The molecule has 1 N–H and O–H groups in total. The van der Waals surface area contributed by atoms with E-state index >= 15 is 0 Å². The Balaban J connectivity index is 2.12. The molecule has 4 heteroatoms. The second-order valence-corrected chi connectivity index (χ2v) is 4.10. The average Bonchev–Trinajstić information content (AvgIpc) is 2.04. The molecule has 0 aromatic carbocycles. The Kier molecular flexibility index (Phi) is 1.61. The summed E-state index contributed by atoms with van der Waals surface area (Å²) in [6.07, 6.45) is 1.61. The van der Waals surface area contributed by atoms with Gasteiger partial charge in [0.15, 0.2) is 0 Å². The van der Waals surface area contributed by atoms with Crippen molar-refractivity contribution in [2.75, 3.05) is 20.1 Å². The Morgan fingerprint density at radius 1 is 1.67 bits per heavy atom. The summed E-state index contributed by atoms with van der Waals surface area (Å²) in [6.45, 7) is 1.74. The number of carbonyl (C=O) groups excluding carboxylic acids is 1. The van der Waals surface area contributed by atoms with Crippen LogP contribution in [0.5, 0.6) is 0 Å². The first-order valence-electron chi connectivity index (χ1n) is 4.16. The molecule has 0 aromatic rings. The lowest BCUT2D eigenvalue weighted by atomic mass is 9.72. The number of thiocarbonyl (C=S) groups is 1. The van der Waals surface area contributed by atoms with Crippen LogP contribution in [0, 0.1) is 5.41 Å². The van der Waals surface area contributed by atoms with Gasteiger partial charge >= 0.3 is 0 Å². The monoisotopic (exact) mass is 184 g/mol. The Morgan fingerprint density at radius 3 is 2.92 bits per heavy atom. The SMILES string of the molecule is CN1CC2(CCNC(=O)C2)C1=S. The molecule has 2 rings (SSSR count). The van der Waals surface area contributed by atoms with Crippen molar-refractivity contribution in [2.45, 2.75) is 12.8 Å². The van der Waals surface area contributed by atoms with Crippen LogP contribution in [-0.4, -0.2) is 35.9 Å². The maximum Gasteiger partial charge on any atom is 0.221 e. The number of amides is 1. The Bertz CT molecular complexity index is 249. The number of likely N-dealkylation sites (tertiary alicyclic amines) is 1. The molecule has 12 heavy (non-hydrogen) atoms. The Morgan fingerprint density at radius 2 is 2.42 bits per heavy atom. The summed E-state index contributed by atoms with van der Waals surface area (Å²) in [5.41, 5.74) is 0.0480. The fourth-order valence-corrected chi connectivity index (χ4v) is 2.43. The third-order valence-electron chi connectivity index (χ3n) is 2.76. The topological polar surface area (TPSA) is 32.3 Å². The molecule has 1 amide bonds. The number of nitrogens with one attached hydrogen (secondary N) is 1. The molecule has 2 fully saturated rings. The summed E-state index contributed by atoms with van der Waals surface area (Å²) in [7, 11) is 1.99. The van der Waals surface area contributed by atoms with E-state index in [0.29, 0.717) is 6.42 Å². The smallest absolute Gasteiger partial charge is 0.221 e. The Hall–Kier alpha value is -0.640. The summed E-state index contributed by atoms with van der Waals surface area (Å²) in [5, 5.41) is 2.82. The normalized spacial score (nSPS) is 34.9. The van der Waals surface area contributed by atoms with Crippen LogP contribution in [-0.2, 0) is 4.79 Å². The molecular weight excluding hydrogens is 172 g/mol. The highest BCUT2D eigenvalue weighted by atomic mass is 32.1. The van der Waals surface area contributed by atoms with Crippen LogP contribution in [0.15, 0.2) is 0 Å². The van der Waals surface area contributed by atoms with Gasteiger partial charge in [-0.1, -0.05) is 12.2 Å². The van der Waals surface area contributed by atoms with Crippen molar-refractivity contribution >= 4 is 23.1 Å². The molecule has 2 saturated heterocycles. The first-order chi connectivity index (χ1) is 5.64. The second-order valence-electron chi connectivity index (χ2n) is 3.72. The van der Waals surface area contributed by atoms with Crippen LogP contribution in [0.1, 0.15) is 12.8 Å². The van der Waals surface area contributed by atoms with Gasteiger partial charge in [-0.3, -0.25) is 4.79 Å². The highest BCUT2D eigenvalue weighted by molar-refractivity contribution is 7.80. The van der Waals surface area contributed by atoms with Gasteiger partial charge in [0.25, 0.3) is 0 Å². The molecule has 66 valence electrons. The molecule has 2 heterocycles. The summed E-state index contributed by atoms with van der Waals surface area (Å²) in [5.74, 6) is 0.150. The first-order valence-corrected chi connectivity index (χ1v) is 4.57. The van der Waals surface area contributed by atoms with Gasteiger partial charge in [-0.15, -0.1) is 0 Å². The van der Waals surface area contributed by atoms with Gasteiger partial charge in [0.2, 0.25) is 5.91 Å². The van der Waals surface area contributed by atoms with Crippen LogP contribution in [0.2, 0.25) is 0 Å². The minimum atomic E-state index is 0.0480. The molecule has 2 aliphatic rings. The highest BCUT2D eigenvalue weighted by Crippen LogP contribution is 2.40. The van der Waals surface area contributed by atoms with E-state index in [1.807, 2.05) is 11.9 Å². The number of piperidine rings is 1. The molecule has 1 atom stereocenters. The van der Waals surface area contributed by atoms with E-state index in [-0.39, 0.29) is 11.3 Å². The van der Waals surface area contributed by atoms with Gasteiger partial charge in [0.05, 0.1) is 4.99 Å². The van der Waals surface area contributed by atoms with Gasteiger partial charge in [-0.05, 0) is 6.42 Å². The van der Waals surface area contributed by atoms with Crippen LogP contribution < -0.4 is 5.32 Å². The van der Waals surface area contributed by atoms with Gasteiger partial charge < -0.3 is 10.2 Å². The molecular formula is C8H12N2OS. The van der Waals surface area contributed by atoms with E-state index in [1.54, 1.807) is 0 Å². The third-order valence-corrected chi connectivity index (χ3v) is 3.51. The lowest BCUT2D eigenvalue weighted by Gasteiger charge is -2.51. The van der Waals surface area contributed by atoms with E-state index in [1.165, 1.54) is 0 Å². The van der Waals surface area contributed by atoms with Crippen molar-refractivity contribution in [3.8, 4) is 0 Å². The predicted octanol–water partition coefficient (Wildman–Crippen LogP) is 0.156. The predicted molar refractivity (Wildman–Crippen MR) is 49.9 cm³/mol. The summed E-state index contributed by atoms with van der Waals surface area (Å²) >= 11 is 5.24. The van der Waals surface area contributed by atoms with Crippen molar-refractivity contribution in [3.63, 3.8) is 0 Å². The average molecular weight is 184 g/mol. The number of hydrogen-bond donors (Lipinski definition) is 1. The number of nitrogens with zero attached hydrogens (tertiary/aromatic N) is 1. The molecule has 0 saturated carbocycles. The van der Waals surface area contributed by atoms with Gasteiger partial charge in [-0.25, -0.2) is 0 Å². The lowest BCUT2D eigenvalue weighted by Crippen LogP contribution is -2.62. The van der Waals surface area contributed by atoms with Crippen molar-refractivity contribution in [1.82, 2.24) is 10.2 Å². The van der Waals surface area contributed by atoms with E-state index in [4.69, 9.17) is 12.2 Å². The minimum Gasteiger partial charge on any atom is -0.368 e. The van der Waals surface area contributed by atoms with Gasteiger partial charge in [0.1, 0.15) is 0 Å². The zero-order valence-corrected chi connectivity index (χ0v) is 7.91. The summed E-state index contributed by atoms with van der Waals surface area (Å²) in [6, 6.07) is 0. The fourth-order valence-electron chi connectivity index (χ4n) is 2.12. The van der Waals surface area contributed by atoms with Crippen LogP contribution >= 0.6 is 12.2 Å². The molecule has 3 nitrogen and oxygen atoms in total. The van der Waals surface area contributed by atoms with Crippen LogP contribution in [0.4, 0.5) is 0 Å². The zero-order chi connectivity index (χ0) is 8.77. The van der Waals surface area contributed by atoms with E-state index in [9.17, 15) is 4.79 Å². The molecule has 1 spiro atoms. The largest absolute Gasteiger partial charge is 0.368 e. The maximum atomic E-state index is 11.1. The van der Waals surface area contributed by atoms with E-state index < -0.39 is 0 Å². The number of rotatable bonds is 0. The first kappa shape index (κ1) is 7.98. The Labute approximate surface area is 77.1 Å². The minimum absolute atomic E-state index is 0.0480. The van der Waals surface area contributed by atoms with Crippen LogP contribution in [0.3, 0.4) is 0 Å². The van der Waals surface area contributed by atoms with E-state index in [2.05, 4.69) is 5.32 Å². The standard InChI is InChI=1S/C8H12N2OS/c1-10-5-8(7(10)12)2-3-9-6(11)4-8/h2-5H2,1H3,(H,9,11). The second kappa shape index (κ2) is 2.42. The molecule has 0 bridgehead atoms. The van der Waals surface area contributed by atoms with Gasteiger partial charge in [-0.2, -0.15) is 0 Å². The van der Waals surface area contributed by atoms with Crippen molar-refractivity contribution < 1.29 is 4.79 Å². The molecule has 1 unspecified atom stereocenters. The maximum absolute atomic E-state index is 11.1. The van der Waals surface area contributed by atoms with Crippen molar-refractivity contribution in [3.05, 3.63) is 0 Å². The zero-order valence-electron chi connectivity index (χ0n) is 7.09. The van der Waals surface area contributed by atoms with Crippen molar-refractivity contribution in [1.29, 1.82) is 0 Å². The van der Waals surface area contributed by atoms with Crippen LogP contribution in [0.25, 0.3) is 0 Å². The molecule has 0 radical (unpaired) electrons. The van der Waals surface area contributed by atoms with Crippen molar-refractivity contribution in [2.24, 2.45) is 5.41 Å². The quantitative estimate of drug-likeness (QED) is 0.544. The molecule has 0 aliphatic carbocycles. The number of hydrogen-bond acceptors (Lipinski definition) is 2. The highest BCUT2D eigenvalue weighted by Gasteiger charge is 2.49. The lowest BCUT2D eigenvalue weighted by molar-refractivity contribution is -0.125. The fraction of sp³-hybridized carbons (Fsp3) is 0.750. The number of carbonyl (C=O) groups is 1. The third kappa shape index (κ3) is 0.941. The summed E-state index contributed by atoms with van der Waals surface area (Å²) in [4.78, 5) is 14.2. The molecule has 0 aromatic heterocycles. The molecule has 2 aliphatic heterocycles.